The summed E-state index contributed by atoms with van der Waals surface area (Å²) in [6, 6.07) is 0. The highest BCUT2D eigenvalue weighted by Crippen LogP contribution is 2.71. The van der Waals surface area contributed by atoms with Crippen molar-refractivity contribution in [2.24, 2.45) is 17.3 Å². The average Bonchev–Trinajstić information content (AvgIpc) is 2.92. The Morgan fingerprint density at radius 2 is 2.00 bits per heavy atom. The van der Waals surface area contributed by atoms with Crippen LogP contribution in [-0.4, -0.2) is 27.3 Å². The zero-order chi connectivity index (χ0) is 12.0. The maximum Gasteiger partial charge on any atom is 0.0796 e. The van der Waals surface area contributed by atoms with Crippen LogP contribution in [0.1, 0.15) is 32.6 Å². The highest BCUT2D eigenvalue weighted by Gasteiger charge is 2.68. The van der Waals surface area contributed by atoms with Crippen molar-refractivity contribution in [3.63, 3.8) is 0 Å². The molecule has 3 saturated heterocycles. The van der Waals surface area contributed by atoms with Crippen LogP contribution >= 0.6 is 23.5 Å². The largest absolute Gasteiger partial charge is 0.371 e. The van der Waals surface area contributed by atoms with Gasteiger partial charge in [0.15, 0.2) is 0 Å². The molecule has 5 fully saturated rings. The summed E-state index contributed by atoms with van der Waals surface area (Å²) >= 11 is 4.37. The maximum absolute atomic E-state index is 6.45. The van der Waals surface area contributed by atoms with Crippen molar-refractivity contribution in [2.75, 3.05) is 11.5 Å². The smallest absolute Gasteiger partial charge is 0.0796 e. The summed E-state index contributed by atoms with van der Waals surface area (Å²) in [4.78, 5) is 0. The van der Waals surface area contributed by atoms with Crippen molar-refractivity contribution in [3.05, 3.63) is 12.2 Å². The molecule has 98 valence electrons. The van der Waals surface area contributed by atoms with Crippen molar-refractivity contribution in [1.82, 2.24) is 0 Å². The lowest BCUT2D eigenvalue weighted by Crippen LogP contribution is -2.48. The molecule has 1 nitrogen and oxygen atoms in total. The Bertz CT molecular complexity index is 442. The molecule has 5 unspecified atom stereocenters. The molecule has 5 atom stereocenters. The van der Waals surface area contributed by atoms with Crippen LogP contribution in [0.5, 0.6) is 0 Å². The molecule has 4 bridgehead atoms. The third-order valence-electron chi connectivity index (χ3n) is 6.24. The number of rotatable bonds is 0. The zero-order valence-electron chi connectivity index (χ0n) is 10.9. The van der Waals surface area contributed by atoms with E-state index in [4.69, 9.17) is 4.74 Å². The van der Waals surface area contributed by atoms with Gasteiger partial charge < -0.3 is 4.74 Å². The van der Waals surface area contributed by atoms with Gasteiger partial charge in [0.25, 0.3) is 0 Å². The van der Waals surface area contributed by atoms with Crippen LogP contribution in [0.25, 0.3) is 0 Å². The summed E-state index contributed by atoms with van der Waals surface area (Å²) in [7, 11) is 0. The van der Waals surface area contributed by atoms with Gasteiger partial charge in [-0.3, -0.25) is 0 Å². The van der Waals surface area contributed by atoms with E-state index in [1.54, 1.807) is 0 Å². The van der Waals surface area contributed by atoms with E-state index in [9.17, 15) is 0 Å². The third-order valence-corrected chi connectivity index (χ3v) is 9.61. The summed E-state index contributed by atoms with van der Waals surface area (Å²) in [5.41, 5.74) is 0.752. The zero-order valence-corrected chi connectivity index (χ0v) is 12.5. The minimum atomic E-state index is 0.228. The van der Waals surface area contributed by atoms with Gasteiger partial charge in [-0.2, -0.15) is 0 Å². The van der Waals surface area contributed by atoms with Crippen molar-refractivity contribution in [2.45, 2.75) is 48.4 Å². The van der Waals surface area contributed by atoms with Crippen LogP contribution in [-0.2, 0) is 4.74 Å². The number of hydrogen-bond acceptors (Lipinski definition) is 3. The summed E-state index contributed by atoms with van der Waals surface area (Å²) < 4.78 is 6.87. The second-order valence-corrected chi connectivity index (χ2v) is 10.3. The second kappa shape index (κ2) is 3.17. The fourth-order valence-corrected chi connectivity index (χ4v) is 8.64. The van der Waals surface area contributed by atoms with Gasteiger partial charge in [0.2, 0.25) is 0 Å². The van der Waals surface area contributed by atoms with Gasteiger partial charge in [0, 0.05) is 11.5 Å². The minimum Gasteiger partial charge on any atom is -0.371 e. The molecule has 18 heavy (non-hydrogen) atoms. The van der Waals surface area contributed by atoms with Gasteiger partial charge in [0.05, 0.1) is 15.8 Å². The van der Waals surface area contributed by atoms with E-state index in [0.29, 0.717) is 15.6 Å². The predicted molar refractivity (Wildman–Crippen MR) is 77.9 cm³/mol. The van der Waals surface area contributed by atoms with Gasteiger partial charge >= 0.3 is 0 Å². The van der Waals surface area contributed by atoms with Crippen LogP contribution in [0.15, 0.2) is 12.2 Å². The first-order chi connectivity index (χ1) is 8.63. The molecule has 3 aliphatic carbocycles. The molecule has 2 saturated carbocycles. The molecule has 0 aromatic carbocycles. The van der Waals surface area contributed by atoms with E-state index in [0.717, 1.165) is 11.8 Å². The lowest BCUT2D eigenvalue weighted by Gasteiger charge is -2.51. The second-order valence-electron chi connectivity index (χ2n) is 7.17. The first-order valence-corrected chi connectivity index (χ1v) is 9.27. The number of ether oxygens (including phenoxy) is 1. The summed E-state index contributed by atoms with van der Waals surface area (Å²) in [5, 5.41) is 0. The monoisotopic (exact) mass is 280 g/mol. The van der Waals surface area contributed by atoms with Crippen molar-refractivity contribution in [3.8, 4) is 0 Å². The summed E-state index contributed by atoms with van der Waals surface area (Å²) in [6.45, 7) is 2.37. The van der Waals surface area contributed by atoms with Crippen LogP contribution in [0, 0.1) is 17.3 Å². The number of hydrogen-bond donors (Lipinski definition) is 0. The summed E-state index contributed by atoms with van der Waals surface area (Å²) in [5.74, 6) is 4.33. The Morgan fingerprint density at radius 1 is 1.17 bits per heavy atom. The van der Waals surface area contributed by atoms with Crippen molar-refractivity contribution in [1.29, 1.82) is 0 Å². The molecule has 0 aromatic heterocycles. The van der Waals surface area contributed by atoms with Crippen molar-refractivity contribution < 1.29 is 4.74 Å². The highest BCUT2D eigenvalue weighted by molar-refractivity contribution is 8.21. The van der Waals surface area contributed by atoms with Gasteiger partial charge in [0.1, 0.15) is 0 Å². The highest BCUT2D eigenvalue weighted by atomic mass is 32.2. The Labute approximate surface area is 117 Å². The quantitative estimate of drug-likeness (QED) is 0.626. The molecule has 6 rings (SSSR count). The molecule has 3 heteroatoms. The maximum atomic E-state index is 6.45. The number of thioether (sulfide) groups is 2. The van der Waals surface area contributed by atoms with E-state index in [2.05, 4.69) is 42.6 Å². The molecule has 0 N–H and O–H groups in total. The van der Waals surface area contributed by atoms with Crippen LogP contribution < -0.4 is 0 Å². The van der Waals surface area contributed by atoms with Crippen LogP contribution in [0.4, 0.5) is 0 Å². The molecule has 0 aromatic rings. The average molecular weight is 280 g/mol. The van der Waals surface area contributed by atoms with E-state index in [-0.39, 0.29) is 5.60 Å². The fraction of sp³-hybridized carbons (Fsp3) is 0.867. The molecule has 3 aliphatic heterocycles. The molecule has 2 spiro atoms. The van der Waals surface area contributed by atoms with E-state index in [1.807, 2.05) is 0 Å². The molecule has 3 heterocycles. The topological polar surface area (TPSA) is 9.23 Å². The molecule has 0 amide bonds. The Morgan fingerprint density at radius 3 is 2.78 bits per heavy atom. The Balaban J connectivity index is 1.59. The van der Waals surface area contributed by atoms with E-state index < -0.39 is 0 Å². The molecular weight excluding hydrogens is 260 g/mol. The minimum absolute atomic E-state index is 0.228. The van der Waals surface area contributed by atoms with Crippen LogP contribution in [0.3, 0.4) is 0 Å². The lowest BCUT2D eigenvalue weighted by molar-refractivity contribution is -0.122. The normalized spacial score (nSPS) is 58.6. The molecule has 0 radical (unpaired) electrons. The van der Waals surface area contributed by atoms with Gasteiger partial charge in [-0.25, -0.2) is 0 Å². The number of allylic oxidation sites excluding steroid dienone is 1. The van der Waals surface area contributed by atoms with Gasteiger partial charge in [-0.05, 0) is 49.9 Å². The van der Waals surface area contributed by atoms with Gasteiger partial charge in [-0.15, -0.1) is 23.5 Å². The Kier molecular flexibility index (Phi) is 1.96. The standard InChI is InChI=1S/C15H20OS2/c1-13-9-14-2-3-15(17-4-5-18-15)8-11(14)12(16-13)6-10(13)7-14/h2-3,10-12H,4-9H2,1H3. The first kappa shape index (κ1) is 11.1. The van der Waals surface area contributed by atoms with Crippen LogP contribution in [0.2, 0.25) is 0 Å². The molecule has 6 aliphatic rings. The lowest BCUT2D eigenvalue weighted by atomic mass is 9.62. The van der Waals surface area contributed by atoms with E-state index in [1.165, 1.54) is 37.2 Å². The van der Waals surface area contributed by atoms with E-state index >= 15 is 0 Å². The SMILES string of the molecule is CC12CC34C=CC5(CC3C(CC1C4)O2)SCCS5. The fourth-order valence-electron chi connectivity index (χ4n) is 5.53. The molecular formula is C15H20OS2. The summed E-state index contributed by atoms with van der Waals surface area (Å²) in [6.07, 6.45) is 11.2. The predicted octanol–water partition coefficient (Wildman–Crippen LogP) is 3.70. The Hall–Kier alpha value is 0.400. The third kappa shape index (κ3) is 1.18. The van der Waals surface area contributed by atoms with Crippen molar-refractivity contribution >= 4 is 23.5 Å². The first-order valence-electron chi connectivity index (χ1n) is 7.29. The van der Waals surface area contributed by atoms with Gasteiger partial charge in [-0.1, -0.05) is 12.2 Å².